The molecule has 12 heavy (non-hydrogen) atoms. The number of hydrogen-bond donors (Lipinski definition) is 2. The zero-order valence-corrected chi connectivity index (χ0v) is 13.9. The van der Waals surface area contributed by atoms with Gasteiger partial charge in [-0.15, -0.1) is 0 Å². The molecular weight excluding hydrogens is 343 g/mol. The topological polar surface area (TPSA) is 167 Å². The molecule has 8 nitrogen and oxygen atoms in total. The van der Waals surface area contributed by atoms with Crippen molar-refractivity contribution in [1.29, 1.82) is 0 Å². The smallest absolute Gasteiger partial charge is 0.822 e. The molecular formula is H2O8P2SrZn. The van der Waals surface area contributed by atoms with Gasteiger partial charge in [0.15, 0.2) is 0 Å². The quantitative estimate of drug-likeness (QED) is 0.326. The van der Waals surface area contributed by atoms with Crippen LogP contribution < -0.4 is 19.6 Å². The number of hydrogen-bond acceptors (Lipinski definition) is 6. The molecule has 2 N–H and O–H groups in total. The molecule has 0 aromatic rings. The summed E-state index contributed by atoms with van der Waals surface area (Å²) in [5.74, 6) is 0. The van der Waals surface area contributed by atoms with E-state index in [4.69, 9.17) is 38.5 Å². The van der Waals surface area contributed by atoms with Crippen LogP contribution in [0.1, 0.15) is 0 Å². The first kappa shape index (κ1) is 23.9. The molecule has 12 heteroatoms. The van der Waals surface area contributed by atoms with Gasteiger partial charge in [-0.05, 0) is 0 Å². The first-order valence-corrected chi connectivity index (χ1v) is 4.49. The van der Waals surface area contributed by atoms with Crippen LogP contribution >= 0.6 is 15.6 Å². The van der Waals surface area contributed by atoms with E-state index in [1.165, 1.54) is 0 Å². The predicted molar refractivity (Wildman–Crippen MR) is 25.4 cm³/mol. The second kappa shape index (κ2) is 9.86. The summed E-state index contributed by atoms with van der Waals surface area (Å²) in [4.78, 5) is 48.6. The Balaban J connectivity index is -0.0000000457. The fourth-order valence-corrected chi connectivity index (χ4v) is 0. The van der Waals surface area contributed by atoms with E-state index in [9.17, 15) is 0 Å². The third kappa shape index (κ3) is 293. The van der Waals surface area contributed by atoms with Gasteiger partial charge in [0.05, 0.1) is 0 Å². The number of rotatable bonds is 0. The Bertz CT molecular complexity index is 129. The first-order chi connectivity index (χ1) is 4.00. The maximum absolute atomic E-state index is 8.77. The van der Waals surface area contributed by atoms with Crippen LogP contribution in [0.15, 0.2) is 0 Å². The summed E-state index contributed by atoms with van der Waals surface area (Å²) in [5, 5.41) is 0. The van der Waals surface area contributed by atoms with Crippen molar-refractivity contribution in [2.75, 3.05) is 0 Å². The summed E-state index contributed by atoms with van der Waals surface area (Å²) in [6, 6.07) is 0. The molecule has 0 aliphatic rings. The van der Waals surface area contributed by atoms with Gasteiger partial charge in [0, 0.05) is 0 Å². The fourth-order valence-electron chi connectivity index (χ4n) is 0. The molecule has 0 saturated heterocycles. The monoisotopic (exact) mass is 344 g/mol. The number of phosphoric acid groups is 2. The minimum Gasteiger partial charge on any atom is -0.822 e. The van der Waals surface area contributed by atoms with Crippen LogP contribution in [0.4, 0.5) is 0 Å². The summed E-state index contributed by atoms with van der Waals surface area (Å²) in [5.41, 5.74) is 0. The van der Waals surface area contributed by atoms with Gasteiger partial charge in [0.25, 0.3) is 7.82 Å². The molecule has 0 saturated carbocycles. The summed E-state index contributed by atoms with van der Waals surface area (Å²) in [6.07, 6.45) is 0. The van der Waals surface area contributed by atoms with E-state index in [-0.39, 0.29) is 65.0 Å². The molecule has 0 heterocycles. The average Bonchev–Trinajstić information content (AvgIpc) is 1.12. The summed E-state index contributed by atoms with van der Waals surface area (Å²) >= 11 is 0. The summed E-state index contributed by atoms with van der Waals surface area (Å²) in [6.45, 7) is 0. The van der Waals surface area contributed by atoms with E-state index in [0.29, 0.717) is 0 Å². The van der Waals surface area contributed by atoms with Crippen molar-refractivity contribution in [2.24, 2.45) is 0 Å². The molecule has 0 unspecified atom stereocenters. The normalized spacial score (nSPS) is 9.83. The van der Waals surface area contributed by atoms with Gasteiger partial charge in [-0.3, -0.25) is 4.57 Å². The van der Waals surface area contributed by atoms with Crippen LogP contribution in [-0.4, -0.2) is 55.3 Å². The molecule has 0 aliphatic carbocycles. The van der Waals surface area contributed by atoms with Crippen LogP contribution in [0.5, 0.6) is 0 Å². The Morgan fingerprint density at radius 3 is 0.917 bits per heavy atom. The van der Waals surface area contributed by atoms with Gasteiger partial charge >= 0.3 is 65.0 Å². The maximum Gasteiger partial charge on any atom is 2.00 e. The molecule has 64 valence electrons. The van der Waals surface area contributed by atoms with Crippen molar-refractivity contribution in [3.63, 3.8) is 0 Å². The van der Waals surface area contributed by atoms with Crippen LogP contribution in [-0.2, 0) is 28.6 Å². The van der Waals surface area contributed by atoms with E-state index >= 15 is 0 Å². The molecule has 0 rings (SSSR count). The van der Waals surface area contributed by atoms with Gasteiger partial charge < -0.3 is 33.9 Å². The maximum atomic E-state index is 8.77. The Morgan fingerprint density at radius 1 is 0.917 bits per heavy atom. The Labute approximate surface area is 118 Å². The van der Waals surface area contributed by atoms with Crippen LogP contribution in [0.25, 0.3) is 0 Å². The summed E-state index contributed by atoms with van der Waals surface area (Å²) in [7, 11) is -10.3. The van der Waals surface area contributed by atoms with Crippen molar-refractivity contribution in [3.8, 4) is 0 Å². The molecule has 0 radical (unpaired) electrons. The Morgan fingerprint density at radius 2 is 0.917 bits per heavy atom. The fraction of sp³-hybridized carbons (Fsp3) is 0. The molecule has 0 fully saturated rings. The first-order valence-electron chi connectivity index (χ1n) is 1.50. The molecule has 0 aromatic heterocycles. The molecule has 0 bridgehead atoms. The van der Waals surface area contributed by atoms with Gasteiger partial charge in [0.2, 0.25) is 0 Å². The SMILES string of the molecule is O=P([O-])(O)O.O=P([O-])([O-])[O-].[Sr+2].[Zn+2]. The van der Waals surface area contributed by atoms with E-state index in [1.807, 2.05) is 0 Å². The van der Waals surface area contributed by atoms with Gasteiger partial charge in [-0.2, -0.15) is 7.82 Å². The van der Waals surface area contributed by atoms with Crippen molar-refractivity contribution >= 4 is 61.1 Å². The zero-order chi connectivity index (χ0) is 9.00. The van der Waals surface area contributed by atoms with E-state index in [2.05, 4.69) is 0 Å². The van der Waals surface area contributed by atoms with Crippen molar-refractivity contribution in [2.45, 2.75) is 0 Å². The second-order valence-corrected chi connectivity index (χ2v) is 2.81. The molecule has 0 amide bonds. The zero-order valence-electron chi connectivity index (χ0n) is 5.65. The van der Waals surface area contributed by atoms with Crippen LogP contribution in [0.2, 0.25) is 0 Å². The summed E-state index contributed by atoms with van der Waals surface area (Å²) < 4.78 is 17.3. The second-order valence-electron chi connectivity index (χ2n) is 0.938. The third-order valence-electron chi connectivity index (χ3n) is 0. The van der Waals surface area contributed by atoms with Crippen molar-refractivity contribution in [3.05, 3.63) is 0 Å². The van der Waals surface area contributed by atoms with Gasteiger partial charge in [0.1, 0.15) is 0 Å². The van der Waals surface area contributed by atoms with Gasteiger partial charge in [-0.1, -0.05) is 0 Å². The van der Waals surface area contributed by atoms with E-state index in [0.717, 1.165) is 0 Å². The minimum atomic E-state index is -5.39. The van der Waals surface area contributed by atoms with E-state index in [1.54, 1.807) is 0 Å². The van der Waals surface area contributed by atoms with Crippen LogP contribution in [0, 0.1) is 0 Å². The third-order valence-corrected chi connectivity index (χ3v) is 0. The average molecular weight is 345 g/mol. The largest absolute Gasteiger partial charge is 2.00 e. The molecule has 0 spiro atoms. The standard InChI is InChI=1S/2H3O4P.Sr.Zn/c2*1-5(2,3)4;;/h2*(H3,1,2,3,4);;/q;;2*+2/p-4. The van der Waals surface area contributed by atoms with Crippen LogP contribution in [0.3, 0.4) is 0 Å². The van der Waals surface area contributed by atoms with Crippen molar-refractivity contribution in [1.82, 2.24) is 0 Å². The molecule has 0 aliphatic heterocycles. The Hall–Kier alpha value is 2.32. The van der Waals surface area contributed by atoms with Crippen molar-refractivity contribution < 1.29 is 58.0 Å². The van der Waals surface area contributed by atoms with Gasteiger partial charge in [-0.25, -0.2) is 0 Å². The molecule has 0 aromatic carbocycles. The molecule has 0 atom stereocenters. The Kier molecular flexibility index (Phi) is 19.6. The predicted octanol–water partition coefficient (Wildman–Crippen LogP) is -4.77. The van der Waals surface area contributed by atoms with E-state index < -0.39 is 15.6 Å². The minimum absolute atomic E-state index is 0.